The Morgan fingerprint density at radius 2 is 1.85 bits per heavy atom. The number of amides is 1. The number of hydrogen-bond donors (Lipinski definition) is 1. The average molecular weight is 391 g/mol. The molecule has 27 heavy (non-hydrogen) atoms. The van der Waals surface area contributed by atoms with Gasteiger partial charge in [-0.1, -0.05) is 12.1 Å². The van der Waals surface area contributed by atoms with Gasteiger partial charge in [0.05, 0.1) is 19.8 Å². The van der Waals surface area contributed by atoms with Gasteiger partial charge in [-0.05, 0) is 24.6 Å². The van der Waals surface area contributed by atoms with Crippen LogP contribution in [0.4, 0.5) is 5.00 Å². The van der Waals surface area contributed by atoms with Gasteiger partial charge in [-0.3, -0.25) is 9.59 Å². The van der Waals surface area contributed by atoms with Gasteiger partial charge in [-0.15, -0.1) is 11.3 Å². The van der Waals surface area contributed by atoms with Crippen LogP contribution in [0.3, 0.4) is 0 Å². The van der Waals surface area contributed by atoms with Crippen molar-refractivity contribution in [2.45, 2.75) is 6.92 Å². The molecule has 0 saturated heterocycles. The molecule has 2 rings (SSSR count). The van der Waals surface area contributed by atoms with Crippen LogP contribution in [-0.4, -0.2) is 45.0 Å². The van der Waals surface area contributed by atoms with Crippen molar-refractivity contribution in [2.75, 3.05) is 26.1 Å². The number of nitrogens with one attached hydrogen (secondary N) is 1. The lowest BCUT2D eigenvalue weighted by molar-refractivity contribution is -0.118. The zero-order chi connectivity index (χ0) is 20.0. The summed E-state index contributed by atoms with van der Waals surface area (Å²) in [6.45, 7) is 1.21. The molecule has 0 spiro atoms. The van der Waals surface area contributed by atoms with Crippen LogP contribution in [0.25, 0.3) is 0 Å². The van der Waals surface area contributed by atoms with Gasteiger partial charge in [0, 0.05) is 5.56 Å². The number of ether oxygens (including phenoxy) is 3. The van der Waals surface area contributed by atoms with Crippen molar-refractivity contribution < 1.29 is 33.4 Å². The Bertz CT molecular complexity index is 888. The van der Waals surface area contributed by atoms with Crippen LogP contribution >= 0.6 is 11.3 Å². The SMILES string of the molecule is COC(=O)c1sc(NC(=O)COc2cccc(C=O)c2)c(C(=O)OC)c1C. The zero-order valence-corrected chi connectivity index (χ0v) is 15.7. The van der Waals surface area contributed by atoms with E-state index in [9.17, 15) is 19.2 Å². The van der Waals surface area contributed by atoms with E-state index in [1.807, 2.05) is 0 Å². The van der Waals surface area contributed by atoms with Gasteiger partial charge in [-0.25, -0.2) is 9.59 Å². The smallest absolute Gasteiger partial charge is 0.348 e. The number of hydrogen-bond acceptors (Lipinski definition) is 8. The van der Waals surface area contributed by atoms with E-state index in [-0.39, 0.29) is 22.0 Å². The van der Waals surface area contributed by atoms with E-state index in [0.717, 1.165) is 11.3 Å². The second kappa shape index (κ2) is 8.95. The molecule has 1 heterocycles. The lowest BCUT2D eigenvalue weighted by atomic mass is 10.1. The molecule has 0 saturated carbocycles. The van der Waals surface area contributed by atoms with Gasteiger partial charge < -0.3 is 19.5 Å². The van der Waals surface area contributed by atoms with E-state index in [0.29, 0.717) is 23.2 Å². The molecule has 2 aromatic rings. The fourth-order valence-electron chi connectivity index (χ4n) is 2.23. The number of benzene rings is 1. The first kappa shape index (κ1) is 20.1. The minimum atomic E-state index is -0.686. The van der Waals surface area contributed by atoms with Crippen molar-refractivity contribution >= 4 is 40.5 Å². The number of anilines is 1. The Labute approximate surface area is 159 Å². The van der Waals surface area contributed by atoms with Crippen molar-refractivity contribution in [3.05, 3.63) is 45.8 Å². The summed E-state index contributed by atoms with van der Waals surface area (Å²) in [4.78, 5) is 47.0. The molecule has 0 aliphatic heterocycles. The van der Waals surface area contributed by atoms with Crippen molar-refractivity contribution in [3.63, 3.8) is 0 Å². The molecule has 1 aromatic heterocycles. The Morgan fingerprint density at radius 1 is 1.15 bits per heavy atom. The monoisotopic (exact) mass is 391 g/mol. The standard InChI is InChI=1S/C18H17NO7S/c1-10-14(17(22)24-2)16(27-15(10)18(23)25-3)19-13(21)9-26-12-6-4-5-11(7-12)8-20/h4-8H,9H2,1-3H3,(H,19,21). The summed E-state index contributed by atoms with van der Waals surface area (Å²) >= 11 is 0.909. The molecular formula is C18H17NO7S. The van der Waals surface area contributed by atoms with Crippen LogP contribution < -0.4 is 10.1 Å². The minimum Gasteiger partial charge on any atom is -0.484 e. The summed E-state index contributed by atoms with van der Waals surface area (Å²) < 4.78 is 14.7. The second-order valence-corrected chi connectivity index (χ2v) is 6.29. The number of esters is 2. The molecule has 8 nitrogen and oxygen atoms in total. The Kier molecular flexibility index (Phi) is 6.67. The second-order valence-electron chi connectivity index (χ2n) is 5.27. The summed E-state index contributed by atoms with van der Waals surface area (Å²) in [5.74, 6) is -1.51. The normalized spacial score (nSPS) is 10.0. The number of carbonyl (C=O) groups is 4. The van der Waals surface area contributed by atoms with E-state index in [4.69, 9.17) is 9.47 Å². The molecule has 0 aliphatic rings. The first-order chi connectivity index (χ1) is 12.9. The molecule has 0 aliphatic carbocycles. The Balaban J connectivity index is 2.17. The molecule has 1 aromatic carbocycles. The van der Waals surface area contributed by atoms with Crippen molar-refractivity contribution in [1.82, 2.24) is 0 Å². The fraction of sp³-hybridized carbons (Fsp3) is 0.222. The van der Waals surface area contributed by atoms with Crippen LogP contribution in [0.2, 0.25) is 0 Å². The third-order valence-electron chi connectivity index (χ3n) is 3.52. The summed E-state index contributed by atoms with van der Waals surface area (Å²) in [5, 5.41) is 2.70. The van der Waals surface area contributed by atoms with Gasteiger partial charge in [-0.2, -0.15) is 0 Å². The maximum atomic E-state index is 12.2. The van der Waals surface area contributed by atoms with Crippen LogP contribution in [0.5, 0.6) is 5.75 Å². The quantitative estimate of drug-likeness (QED) is 0.570. The van der Waals surface area contributed by atoms with E-state index >= 15 is 0 Å². The van der Waals surface area contributed by atoms with E-state index in [1.54, 1.807) is 25.1 Å². The molecule has 0 fully saturated rings. The largest absolute Gasteiger partial charge is 0.484 e. The molecule has 0 radical (unpaired) electrons. The van der Waals surface area contributed by atoms with Gasteiger partial charge in [0.15, 0.2) is 6.61 Å². The topological polar surface area (TPSA) is 108 Å². The third kappa shape index (κ3) is 4.70. The van der Waals surface area contributed by atoms with Gasteiger partial charge in [0.25, 0.3) is 5.91 Å². The Morgan fingerprint density at radius 3 is 2.48 bits per heavy atom. The van der Waals surface area contributed by atoms with Crippen LogP contribution in [-0.2, 0) is 14.3 Å². The highest BCUT2D eigenvalue weighted by Gasteiger charge is 2.26. The summed E-state index contributed by atoms with van der Waals surface area (Å²) in [7, 11) is 2.42. The summed E-state index contributed by atoms with van der Waals surface area (Å²) in [6.07, 6.45) is 0.665. The first-order valence-electron chi connectivity index (χ1n) is 7.69. The number of rotatable bonds is 7. The number of thiophene rings is 1. The van der Waals surface area contributed by atoms with Crippen LogP contribution in [0.1, 0.15) is 36.0 Å². The highest BCUT2D eigenvalue weighted by atomic mass is 32.1. The Hall–Kier alpha value is -3.20. The molecule has 0 unspecified atom stereocenters. The molecule has 1 amide bonds. The molecule has 142 valence electrons. The lowest BCUT2D eigenvalue weighted by Gasteiger charge is -2.08. The minimum absolute atomic E-state index is 0.0826. The first-order valence-corrected chi connectivity index (χ1v) is 8.50. The molecule has 1 N–H and O–H groups in total. The van der Waals surface area contributed by atoms with Crippen molar-refractivity contribution in [3.8, 4) is 5.75 Å². The maximum absolute atomic E-state index is 12.2. The summed E-state index contributed by atoms with van der Waals surface area (Å²) in [5.41, 5.74) is 0.852. The van der Waals surface area contributed by atoms with Crippen LogP contribution in [0, 0.1) is 6.92 Å². The van der Waals surface area contributed by atoms with Gasteiger partial charge >= 0.3 is 11.9 Å². The number of methoxy groups -OCH3 is 2. The predicted octanol–water partition coefficient (Wildman–Crippen LogP) is 2.46. The van der Waals surface area contributed by atoms with Gasteiger partial charge in [0.1, 0.15) is 21.9 Å². The highest BCUT2D eigenvalue weighted by Crippen LogP contribution is 2.34. The molecule has 9 heteroatoms. The lowest BCUT2D eigenvalue weighted by Crippen LogP contribution is -2.21. The molecule has 0 bridgehead atoms. The molecular weight excluding hydrogens is 374 g/mol. The van der Waals surface area contributed by atoms with E-state index in [1.165, 1.54) is 20.3 Å². The van der Waals surface area contributed by atoms with Gasteiger partial charge in [0.2, 0.25) is 0 Å². The van der Waals surface area contributed by atoms with E-state index < -0.39 is 17.8 Å². The van der Waals surface area contributed by atoms with Crippen molar-refractivity contribution in [2.24, 2.45) is 0 Å². The van der Waals surface area contributed by atoms with Crippen LogP contribution in [0.15, 0.2) is 24.3 Å². The third-order valence-corrected chi connectivity index (χ3v) is 4.71. The average Bonchev–Trinajstić information content (AvgIpc) is 3.01. The molecule has 0 atom stereocenters. The number of carbonyl (C=O) groups excluding carboxylic acids is 4. The summed E-state index contributed by atoms with van der Waals surface area (Å²) in [6, 6.07) is 6.32. The fourth-order valence-corrected chi connectivity index (χ4v) is 3.36. The predicted molar refractivity (Wildman–Crippen MR) is 97.7 cm³/mol. The van der Waals surface area contributed by atoms with E-state index in [2.05, 4.69) is 10.1 Å². The highest BCUT2D eigenvalue weighted by molar-refractivity contribution is 7.18. The van der Waals surface area contributed by atoms with Crippen molar-refractivity contribution in [1.29, 1.82) is 0 Å². The number of aldehydes is 1. The maximum Gasteiger partial charge on any atom is 0.348 e. The zero-order valence-electron chi connectivity index (χ0n) is 14.9.